The van der Waals surface area contributed by atoms with Crippen LogP contribution in [-0.4, -0.2) is 60.9 Å². The van der Waals surface area contributed by atoms with Crippen LogP contribution in [0, 0.1) is 0 Å². The molecule has 0 saturated heterocycles. The molecule has 0 atom stereocenters. The maximum absolute atomic E-state index is 13.9. The summed E-state index contributed by atoms with van der Waals surface area (Å²) < 4.78 is 50.1. The molecule has 4 aromatic carbocycles. The monoisotopic (exact) mass is 700 g/mol. The second kappa shape index (κ2) is 16.0. The second-order valence-corrected chi connectivity index (χ2v) is 12.2. The Bertz CT molecular complexity index is 1870. The molecule has 4 rings (SSSR count). The highest BCUT2D eigenvalue weighted by molar-refractivity contribution is 7.92. The number of nitrogens with one attached hydrogen (secondary N) is 2. The minimum Gasteiger partial charge on any atom is -0.495 e. The van der Waals surface area contributed by atoms with Crippen LogP contribution in [0.2, 0.25) is 10.0 Å². The molecule has 15 heteroatoms. The summed E-state index contributed by atoms with van der Waals surface area (Å²) >= 11 is 12.3. The van der Waals surface area contributed by atoms with Crippen LogP contribution in [0.25, 0.3) is 0 Å². The van der Waals surface area contributed by atoms with Crippen molar-refractivity contribution in [2.75, 3.05) is 44.1 Å². The maximum atomic E-state index is 13.9. The van der Waals surface area contributed by atoms with Crippen molar-refractivity contribution in [3.8, 4) is 23.0 Å². The first kappa shape index (κ1) is 34.9. The Morgan fingerprint density at radius 2 is 1.51 bits per heavy atom. The van der Waals surface area contributed by atoms with Gasteiger partial charge in [0.25, 0.3) is 21.8 Å². The molecule has 0 spiro atoms. The quantitative estimate of drug-likeness (QED) is 0.132. The number of carbonyl (C=O) groups is 2. The number of nitrogens with zero attached hydrogens (tertiary/aromatic N) is 2. The molecule has 0 unspecified atom stereocenters. The van der Waals surface area contributed by atoms with Gasteiger partial charge in [0.15, 0.2) is 18.1 Å². The lowest BCUT2D eigenvalue weighted by atomic mass is 10.2. The van der Waals surface area contributed by atoms with Gasteiger partial charge in [0.05, 0.1) is 48.8 Å². The molecule has 0 saturated carbocycles. The van der Waals surface area contributed by atoms with Gasteiger partial charge in [-0.1, -0.05) is 35.3 Å². The van der Waals surface area contributed by atoms with E-state index in [1.54, 1.807) is 48.5 Å². The fraction of sp³-hybridized carbons (Fsp3) is 0.156. The van der Waals surface area contributed by atoms with Gasteiger partial charge in [0.2, 0.25) is 0 Å². The van der Waals surface area contributed by atoms with Crippen molar-refractivity contribution in [3.63, 3.8) is 0 Å². The molecule has 0 aliphatic rings. The zero-order valence-corrected chi connectivity index (χ0v) is 27.7. The Labute approximate surface area is 281 Å². The third-order valence-corrected chi connectivity index (χ3v) is 8.76. The standard InChI is InChI=1S/C32H30Cl2N4O8S/c1-43-28-14-10-22(33)16-27(28)38(47(41,42)24-13-15-29(44-2)30(17-24)45-3)19-31(39)37-35-18-21-8-11-23(12-9-21)46-20-32(40)36-26-7-5-4-6-25(26)34/h4-18H,19-20H2,1-3H3,(H,36,40)(H,37,39)/b35-18-. The topological polar surface area (TPSA) is 145 Å². The van der Waals surface area contributed by atoms with E-state index in [2.05, 4.69) is 15.8 Å². The van der Waals surface area contributed by atoms with Gasteiger partial charge in [0, 0.05) is 11.1 Å². The predicted octanol–water partition coefficient (Wildman–Crippen LogP) is 5.38. The highest BCUT2D eigenvalue weighted by atomic mass is 35.5. The number of ether oxygens (including phenoxy) is 4. The predicted molar refractivity (Wildman–Crippen MR) is 180 cm³/mol. The van der Waals surface area contributed by atoms with E-state index in [9.17, 15) is 18.0 Å². The van der Waals surface area contributed by atoms with Crippen molar-refractivity contribution in [2.24, 2.45) is 5.10 Å². The molecule has 4 aromatic rings. The number of methoxy groups -OCH3 is 3. The number of amides is 2. The Kier molecular flexibility index (Phi) is 11.9. The molecule has 0 aliphatic carbocycles. The molecular weight excluding hydrogens is 671 g/mol. The first-order valence-corrected chi connectivity index (χ1v) is 15.9. The summed E-state index contributed by atoms with van der Waals surface area (Å²) in [5.74, 6) is -0.0485. The lowest BCUT2D eigenvalue weighted by Crippen LogP contribution is -2.39. The number of anilines is 2. The summed E-state index contributed by atoms with van der Waals surface area (Å²) in [6.45, 7) is -0.914. The normalized spacial score (nSPS) is 11.1. The van der Waals surface area contributed by atoms with Gasteiger partial charge < -0.3 is 24.3 Å². The number of hydrogen-bond donors (Lipinski definition) is 2. The van der Waals surface area contributed by atoms with Crippen molar-refractivity contribution in [1.29, 1.82) is 0 Å². The van der Waals surface area contributed by atoms with Gasteiger partial charge in [-0.25, -0.2) is 13.8 Å². The Morgan fingerprint density at radius 3 is 2.19 bits per heavy atom. The number of rotatable bonds is 14. The van der Waals surface area contributed by atoms with Crippen LogP contribution in [-0.2, 0) is 19.6 Å². The van der Waals surface area contributed by atoms with Crippen LogP contribution in [0.3, 0.4) is 0 Å². The zero-order valence-electron chi connectivity index (χ0n) is 25.4. The number of hydrogen-bond acceptors (Lipinski definition) is 9. The lowest BCUT2D eigenvalue weighted by molar-refractivity contribution is -0.119. The molecule has 0 aliphatic heterocycles. The fourth-order valence-electron chi connectivity index (χ4n) is 4.15. The van der Waals surface area contributed by atoms with Crippen molar-refractivity contribution < 1.29 is 37.0 Å². The highest BCUT2D eigenvalue weighted by Gasteiger charge is 2.30. The number of sulfonamides is 1. The average Bonchev–Trinajstić information content (AvgIpc) is 3.07. The maximum Gasteiger partial charge on any atom is 0.265 e. The SMILES string of the molecule is COc1ccc(S(=O)(=O)N(CC(=O)N/N=C\c2ccc(OCC(=O)Nc3ccccc3Cl)cc2)c2cc(Cl)ccc2OC)cc1OC. The van der Waals surface area contributed by atoms with Gasteiger partial charge in [0.1, 0.15) is 18.0 Å². The van der Waals surface area contributed by atoms with E-state index in [1.165, 1.54) is 63.9 Å². The Morgan fingerprint density at radius 1 is 0.830 bits per heavy atom. The Hall–Kier alpha value is -4.98. The van der Waals surface area contributed by atoms with E-state index in [1.807, 2.05) is 0 Å². The number of benzene rings is 4. The number of halogens is 2. The van der Waals surface area contributed by atoms with Crippen LogP contribution in [0.4, 0.5) is 11.4 Å². The molecule has 2 N–H and O–H groups in total. The van der Waals surface area contributed by atoms with Gasteiger partial charge in [-0.05, 0) is 72.3 Å². The molecule has 0 bridgehead atoms. The minimum atomic E-state index is -4.37. The van der Waals surface area contributed by atoms with Crippen molar-refractivity contribution in [1.82, 2.24) is 5.43 Å². The third kappa shape index (κ3) is 9.06. The number of hydrazone groups is 1. The number of carbonyl (C=O) groups excluding carboxylic acids is 2. The molecule has 0 aromatic heterocycles. The van der Waals surface area contributed by atoms with Gasteiger partial charge in [-0.2, -0.15) is 5.10 Å². The molecule has 47 heavy (non-hydrogen) atoms. The summed E-state index contributed by atoms with van der Waals surface area (Å²) in [6.07, 6.45) is 1.36. The lowest BCUT2D eigenvalue weighted by Gasteiger charge is -2.25. The third-order valence-electron chi connectivity index (χ3n) is 6.44. The largest absolute Gasteiger partial charge is 0.495 e. The van der Waals surface area contributed by atoms with Crippen LogP contribution in [0.1, 0.15) is 5.56 Å². The van der Waals surface area contributed by atoms with Gasteiger partial charge in [-0.15, -0.1) is 0 Å². The molecule has 0 fully saturated rings. The summed E-state index contributed by atoms with van der Waals surface area (Å²) in [5, 5.41) is 7.26. The zero-order chi connectivity index (χ0) is 34.0. The summed E-state index contributed by atoms with van der Waals surface area (Å²) in [6, 6.07) is 21.8. The van der Waals surface area contributed by atoms with Crippen LogP contribution in [0.15, 0.2) is 94.9 Å². The van der Waals surface area contributed by atoms with E-state index < -0.39 is 22.5 Å². The van der Waals surface area contributed by atoms with Crippen LogP contribution in [0.5, 0.6) is 23.0 Å². The van der Waals surface area contributed by atoms with E-state index >= 15 is 0 Å². The summed E-state index contributed by atoms with van der Waals surface area (Å²) in [4.78, 5) is 25.1. The molecule has 0 radical (unpaired) electrons. The van der Waals surface area contributed by atoms with Gasteiger partial charge >= 0.3 is 0 Å². The minimum absolute atomic E-state index is 0.0325. The first-order valence-electron chi connectivity index (χ1n) is 13.7. The summed E-state index contributed by atoms with van der Waals surface area (Å²) in [7, 11) is -0.208. The second-order valence-electron chi connectivity index (χ2n) is 9.52. The van der Waals surface area contributed by atoms with Gasteiger partial charge in [-0.3, -0.25) is 13.9 Å². The molecule has 246 valence electrons. The van der Waals surface area contributed by atoms with E-state index in [0.717, 1.165) is 4.31 Å². The van der Waals surface area contributed by atoms with E-state index in [4.69, 9.17) is 42.1 Å². The highest BCUT2D eigenvalue weighted by Crippen LogP contribution is 2.37. The first-order chi connectivity index (χ1) is 22.5. The molecular formula is C32H30Cl2N4O8S. The molecule has 0 heterocycles. The molecule has 12 nitrogen and oxygen atoms in total. The Balaban J connectivity index is 1.44. The van der Waals surface area contributed by atoms with Crippen molar-refractivity contribution in [3.05, 3.63) is 101 Å². The smallest absolute Gasteiger partial charge is 0.265 e. The van der Waals surface area contributed by atoms with E-state index in [0.29, 0.717) is 27.8 Å². The number of para-hydroxylation sites is 1. The fourth-order valence-corrected chi connectivity index (χ4v) is 5.94. The average molecular weight is 702 g/mol. The summed E-state index contributed by atoms with van der Waals surface area (Å²) in [5.41, 5.74) is 3.44. The van der Waals surface area contributed by atoms with Crippen molar-refractivity contribution in [2.45, 2.75) is 4.90 Å². The van der Waals surface area contributed by atoms with E-state index in [-0.39, 0.29) is 39.6 Å². The van der Waals surface area contributed by atoms with Crippen LogP contribution >= 0.6 is 23.2 Å². The van der Waals surface area contributed by atoms with Crippen LogP contribution < -0.4 is 34.0 Å². The van der Waals surface area contributed by atoms with Crippen molar-refractivity contribution >= 4 is 62.6 Å². The molecule has 2 amide bonds.